The second-order valence-electron chi connectivity index (χ2n) is 2.99. The largest absolute Gasteiger partial charge is 0.329 e. The van der Waals surface area contributed by atoms with Gasteiger partial charge >= 0.3 is 10.2 Å². The molecule has 0 aromatic heterocycles. The minimum absolute atomic E-state index is 0.298. The molecule has 1 aliphatic rings. The fourth-order valence-corrected chi connectivity index (χ4v) is 2.78. The number of hydrogen-bond donors (Lipinski definition) is 2. The zero-order chi connectivity index (χ0) is 10.2. The molecule has 6 heteroatoms. The molecule has 0 atom stereocenters. The summed E-state index contributed by atoms with van der Waals surface area (Å²) < 4.78 is 26.9. The van der Waals surface area contributed by atoms with Gasteiger partial charge in [0.1, 0.15) is 0 Å². The Labute approximate surface area is 82.7 Å². The maximum Gasteiger partial charge on any atom is 0.324 e. The van der Waals surface area contributed by atoms with E-state index in [4.69, 9.17) is 5.73 Å². The lowest BCUT2D eigenvalue weighted by Gasteiger charge is -2.14. The van der Waals surface area contributed by atoms with Gasteiger partial charge in [-0.1, -0.05) is 12.1 Å². The molecule has 1 aliphatic heterocycles. The normalized spacial score (nSPS) is 17.6. The Morgan fingerprint density at radius 3 is 2.79 bits per heavy atom. The molecule has 0 aliphatic carbocycles. The average molecular weight is 213 g/mol. The molecule has 0 saturated carbocycles. The number of nitrogens with one attached hydrogen (secondary N) is 1. The van der Waals surface area contributed by atoms with E-state index in [2.05, 4.69) is 4.72 Å². The number of para-hydroxylation sites is 2. The standard InChI is InChI=1S/C8H11N3O2S/c9-5-6-11-8-4-2-1-3-7(8)10-14(11,12)13/h1-4,10H,5-6,9H2. The van der Waals surface area contributed by atoms with Crippen molar-refractivity contribution in [3.05, 3.63) is 24.3 Å². The molecule has 0 radical (unpaired) electrons. The van der Waals surface area contributed by atoms with Crippen LogP contribution in [-0.4, -0.2) is 21.5 Å². The van der Waals surface area contributed by atoms with Gasteiger partial charge in [0, 0.05) is 13.1 Å². The van der Waals surface area contributed by atoms with Crippen LogP contribution in [0.15, 0.2) is 24.3 Å². The van der Waals surface area contributed by atoms with Crippen molar-refractivity contribution in [2.45, 2.75) is 0 Å². The number of rotatable bonds is 2. The lowest BCUT2D eigenvalue weighted by Crippen LogP contribution is -2.34. The second-order valence-corrected chi connectivity index (χ2v) is 4.58. The summed E-state index contributed by atoms with van der Waals surface area (Å²) in [7, 11) is -3.41. The molecule has 1 aromatic rings. The molecule has 5 nitrogen and oxygen atoms in total. The molecule has 0 fully saturated rings. The van der Waals surface area contributed by atoms with Crippen molar-refractivity contribution < 1.29 is 8.42 Å². The Bertz CT molecular complexity index is 444. The fraction of sp³-hybridized carbons (Fsp3) is 0.250. The van der Waals surface area contributed by atoms with Gasteiger partial charge in [-0.3, -0.25) is 9.03 Å². The van der Waals surface area contributed by atoms with Gasteiger partial charge in [-0.25, -0.2) is 0 Å². The Balaban J connectivity index is 2.48. The number of fused-ring (bicyclic) bond motifs is 1. The van der Waals surface area contributed by atoms with E-state index in [1.807, 2.05) is 0 Å². The summed E-state index contributed by atoms with van der Waals surface area (Å²) in [6.07, 6.45) is 0. The van der Waals surface area contributed by atoms with E-state index in [0.29, 0.717) is 24.5 Å². The summed E-state index contributed by atoms with van der Waals surface area (Å²) in [6.45, 7) is 0.599. The summed E-state index contributed by atoms with van der Waals surface area (Å²) in [6, 6.07) is 7.06. The predicted molar refractivity (Wildman–Crippen MR) is 55.4 cm³/mol. The first-order valence-electron chi connectivity index (χ1n) is 4.25. The molecular weight excluding hydrogens is 202 g/mol. The van der Waals surface area contributed by atoms with Crippen LogP contribution in [0.25, 0.3) is 0 Å². The third-order valence-corrected chi connectivity index (χ3v) is 3.47. The quantitative estimate of drug-likeness (QED) is 0.732. The van der Waals surface area contributed by atoms with Crippen molar-refractivity contribution in [1.29, 1.82) is 0 Å². The average Bonchev–Trinajstić information content (AvgIpc) is 2.39. The van der Waals surface area contributed by atoms with Crippen LogP contribution in [0.2, 0.25) is 0 Å². The van der Waals surface area contributed by atoms with Crippen molar-refractivity contribution in [2.75, 3.05) is 22.1 Å². The molecule has 0 saturated heterocycles. The zero-order valence-corrected chi connectivity index (χ0v) is 8.29. The molecule has 0 amide bonds. The van der Waals surface area contributed by atoms with Crippen LogP contribution in [0.1, 0.15) is 0 Å². The minimum atomic E-state index is -3.41. The van der Waals surface area contributed by atoms with E-state index in [1.165, 1.54) is 4.31 Å². The van der Waals surface area contributed by atoms with Crippen LogP contribution in [0.5, 0.6) is 0 Å². The highest BCUT2D eigenvalue weighted by Gasteiger charge is 2.31. The Kier molecular flexibility index (Phi) is 2.09. The highest BCUT2D eigenvalue weighted by atomic mass is 32.2. The van der Waals surface area contributed by atoms with Crippen LogP contribution in [0.4, 0.5) is 11.4 Å². The van der Waals surface area contributed by atoms with Gasteiger partial charge in [0.15, 0.2) is 0 Å². The van der Waals surface area contributed by atoms with E-state index in [9.17, 15) is 8.42 Å². The molecular formula is C8H11N3O2S. The van der Waals surface area contributed by atoms with Crippen LogP contribution < -0.4 is 14.8 Å². The van der Waals surface area contributed by atoms with E-state index in [-0.39, 0.29) is 0 Å². The Morgan fingerprint density at radius 2 is 2.07 bits per heavy atom. The smallest absolute Gasteiger partial charge is 0.324 e. The molecule has 14 heavy (non-hydrogen) atoms. The summed E-state index contributed by atoms with van der Waals surface area (Å²) in [5.74, 6) is 0. The second kappa shape index (κ2) is 3.14. The molecule has 1 heterocycles. The summed E-state index contributed by atoms with van der Waals surface area (Å²) >= 11 is 0. The first-order chi connectivity index (χ1) is 6.65. The molecule has 0 unspecified atom stereocenters. The Hall–Kier alpha value is -1.27. The molecule has 3 N–H and O–H groups in total. The van der Waals surface area contributed by atoms with Gasteiger partial charge in [-0.15, -0.1) is 0 Å². The SMILES string of the molecule is NCCN1c2ccccc2NS1(=O)=O. The molecule has 76 valence electrons. The third kappa shape index (κ3) is 1.32. The lowest BCUT2D eigenvalue weighted by atomic mass is 10.3. The fourth-order valence-electron chi connectivity index (χ4n) is 1.46. The van der Waals surface area contributed by atoms with Gasteiger partial charge < -0.3 is 5.73 Å². The highest BCUT2D eigenvalue weighted by molar-refractivity contribution is 7.94. The first kappa shape index (κ1) is 9.29. The van der Waals surface area contributed by atoms with Crippen LogP contribution in [0, 0.1) is 0 Å². The Morgan fingerprint density at radius 1 is 1.36 bits per heavy atom. The minimum Gasteiger partial charge on any atom is -0.329 e. The van der Waals surface area contributed by atoms with E-state index in [0.717, 1.165) is 0 Å². The monoisotopic (exact) mass is 213 g/mol. The summed E-state index contributed by atoms with van der Waals surface area (Å²) in [5, 5.41) is 0. The lowest BCUT2D eigenvalue weighted by molar-refractivity contribution is 0.598. The van der Waals surface area contributed by atoms with Crippen molar-refractivity contribution in [1.82, 2.24) is 0 Å². The molecule has 2 rings (SSSR count). The zero-order valence-electron chi connectivity index (χ0n) is 7.47. The molecule has 0 spiro atoms. The van der Waals surface area contributed by atoms with Gasteiger partial charge in [-0.05, 0) is 12.1 Å². The van der Waals surface area contributed by atoms with Crippen molar-refractivity contribution in [3.63, 3.8) is 0 Å². The maximum absolute atomic E-state index is 11.6. The van der Waals surface area contributed by atoms with Gasteiger partial charge in [-0.2, -0.15) is 8.42 Å². The van der Waals surface area contributed by atoms with Gasteiger partial charge in [0.25, 0.3) is 0 Å². The van der Waals surface area contributed by atoms with E-state index < -0.39 is 10.2 Å². The van der Waals surface area contributed by atoms with Crippen molar-refractivity contribution in [2.24, 2.45) is 5.73 Å². The number of benzene rings is 1. The summed E-state index contributed by atoms with van der Waals surface area (Å²) in [5.41, 5.74) is 6.63. The van der Waals surface area contributed by atoms with Gasteiger partial charge in [0.05, 0.1) is 11.4 Å². The number of hydrogen-bond acceptors (Lipinski definition) is 3. The van der Waals surface area contributed by atoms with Crippen LogP contribution in [-0.2, 0) is 10.2 Å². The van der Waals surface area contributed by atoms with Crippen LogP contribution in [0.3, 0.4) is 0 Å². The van der Waals surface area contributed by atoms with Crippen molar-refractivity contribution in [3.8, 4) is 0 Å². The predicted octanol–water partition coefficient (Wildman–Crippen LogP) is 0.122. The van der Waals surface area contributed by atoms with Crippen LogP contribution >= 0.6 is 0 Å². The number of nitrogens with zero attached hydrogens (tertiary/aromatic N) is 1. The third-order valence-electron chi connectivity index (χ3n) is 2.03. The molecule has 0 bridgehead atoms. The van der Waals surface area contributed by atoms with Crippen molar-refractivity contribution >= 4 is 21.6 Å². The van der Waals surface area contributed by atoms with E-state index >= 15 is 0 Å². The highest BCUT2D eigenvalue weighted by Crippen LogP contribution is 2.34. The number of nitrogens with two attached hydrogens (primary N) is 1. The van der Waals surface area contributed by atoms with E-state index in [1.54, 1.807) is 24.3 Å². The first-order valence-corrected chi connectivity index (χ1v) is 5.69. The number of anilines is 2. The van der Waals surface area contributed by atoms with Gasteiger partial charge in [0.2, 0.25) is 0 Å². The topological polar surface area (TPSA) is 75.4 Å². The molecule has 1 aromatic carbocycles. The maximum atomic E-state index is 11.6. The summed E-state index contributed by atoms with van der Waals surface area (Å²) in [4.78, 5) is 0.